The van der Waals surface area contributed by atoms with Crippen LogP contribution in [0.15, 0.2) is 0 Å². The molecule has 0 aromatic carbocycles. The molecule has 0 heterocycles. The molecule has 1 fully saturated rings. The number of amides is 1. The summed E-state index contributed by atoms with van der Waals surface area (Å²) in [4.78, 5) is 15.5. The Morgan fingerprint density at radius 1 is 1.70 bits per heavy atom. The lowest BCUT2D eigenvalue weighted by Crippen LogP contribution is -2.23. The first-order valence-corrected chi connectivity index (χ1v) is 3.73. The number of hydroxylamine groups is 1. The van der Waals surface area contributed by atoms with Gasteiger partial charge in [-0.3, -0.25) is 9.63 Å². The first-order valence-electron chi connectivity index (χ1n) is 3.73. The lowest BCUT2D eigenvalue weighted by molar-refractivity contribution is -0.133. The molecule has 0 unspecified atom stereocenters. The van der Waals surface area contributed by atoms with Crippen molar-refractivity contribution >= 4 is 5.91 Å². The molecule has 58 valence electrons. The van der Waals surface area contributed by atoms with Crippen molar-refractivity contribution in [1.82, 2.24) is 5.48 Å². The van der Waals surface area contributed by atoms with Crippen LogP contribution in [0.3, 0.4) is 0 Å². The third-order valence-electron chi connectivity index (χ3n) is 1.52. The normalized spacial score (nSPS) is 16.9. The summed E-state index contributed by atoms with van der Waals surface area (Å²) >= 11 is 0. The fourth-order valence-electron chi connectivity index (χ4n) is 0.597. The summed E-state index contributed by atoms with van der Waals surface area (Å²) in [7, 11) is 0. The van der Waals surface area contributed by atoms with Crippen LogP contribution in [0.1, 0.15) is 26.2 Å². The molecule has 10 heavy (non-hydrogen) atoms. The van der Waals surface area contributed by atoms with Gasteiger partial charge in [0, 0.05) is 6.42 Å². The van der Waals surface area contributed by atoms with Crippen LogP contribution in [-0.2, 0) is 9.63 Å². The monoisotopic (exact) mass is 143 g/mol. The fraction of sp³-hybridized carbons (Fsp3) is 0.857. The van der Waals surface area contributed by atoms with Gasteiger partial charge in [-0.1, -0.05) is 6.92 Å². The zero-order chi connectivity index (χ0) is 7.40. The quantitative estimate of drug-likeness (QED) is 0.592. The molecule has 0 bridgehead atoms. The standard InChI is InChI=1S/C7H13NO2/c1-2-7(9)8-10-5-6-3-4-6/h6H,2-5H2,1H3,(H,8,9). The van der Waals surface area contributed by atoms with E-state index in [1.165, 1.54) is 12.8 Å². The molecule has 0 radical (unpaired) electrons. The Morgan fingerprint density at radius 2 is 2.40 bits per heavy atom. The Kier molecular flexibility index (Phi) is 2.68. The van der Waals surface area contributed by atoms with E-state index in [1.807, 2.05) is 0 Å². The SMILES string of the molecule is CCC(=O)NOCC1CC1. The lowest BCUT2D eigenvalue weighted by Gasteiger charge is -2.01. The van der Waals surface area contributed by atoms with Gasteiger partial charge in [0.1, 0.15) is 0 Å². The van der Waals surface area contributed by atoms with Crippen LogP contribution < -0.4 is 5.48 Å². The van der Waals surface area contributed by atoms with Crippen LogP contribution in [0, 0.1) is 5.92 Å². The van der Waals surface area contributed by atoms with Gasteiger partial charge >= 0.3 is 0 Å². The Balaban J connectivity index is 1.88. The van der Waals surface area contributed by atoms with E-state index < -0.39 is 0 Å². The molecule has 0 spiro atoms. The minimum Gasteiger partial charge on any atom is -0.273 e. The maximum atomic E-state index is 10.6. The number of hydrogen-bond donors (Lipinski definition) is 1. The third kappa shape index (κ3) is 2.82. The van der Waals surface area contributed by atoms with E-state index in [0.717, 1.165) is 0 Å². The van der Waals surface area contributed by atoms with Crippen LogP contribution in [0.25, 0.3) is 0 Å². The summed E-state index contributed by atoms with van der Waals surface area (Å²) in [5.74, 6) is 0.665. The second kappa shape index (κ2) is 3.56. The van der Waals surface area contributed by atoms with Gasteiger partial charge in [-0.05, 0) is 18.8 Å². The predicted molar refractivity (Wildman–Crippen MR) is 37.1 cm³/mol. The van der Waals surface area contributed by atoms with Crippen molar-refractivity contribution < 1.29 is 9.63 Å². The summed E-state index contributed by atoms with van der Waals surface area (Å²) in [5.41, 5.74) is 2.36. The van der Waals surface area contributed by atoms with E-state index in [2.05, 4.69) is 5.48 Å². The van der Waals surface area contributed by atoms with Crippen molar-refractivity contribution in [2.24, 2.45) is 5.92 Å². The number of carbonyl (C=O) groups excluding carboxylic acids is 1. The van der Waals surface area contributed by atoms with Crippen molar-refractivity contribution in [2.45, 2.75) is 26.2 Å². The molecule has 0 aliphatic heterocycles. The van der Waals surface area contributed by atoms with Gasteiger partial charge in [0.05, 0.1) is 6.61 Å². The molecule has 1 aliphatic carbocycles. The van der Waals surface area contributed by atoms with Crippen molar-refractivity contribution in [3.63, 3.8) is 0 Å². The van der Waals surface area contributed by atoms with E-state index in [1.54, 1.807) is 6.92 Å². The van der Waals surface area contributed by atoms with E-state index in [-0.39, 0.29) is 5.91 Å². The largest absolute Gasteiger partial charge is 0.273 e. The molecule has 1 N–H and O–H groups in total. The molecule has 0 aromatic rings. The summed E-state index contributed by atoms with van der Waals surface area (Å²) in [6.07, 6.45) is 2.99. The fourth-order valence-corrected chi connectivity index (χ4v) is 0.597. The highest BCUT2D eigenvalue weighted by molar-refractivity contribution is 5.74. The molecule has 1 amide bonds. The maximum Gasteiger partial charge on any atom is 0.243 e. The van der Waals surface area contributed by atoms with E-state index in [9.17, 15) is 4.79 Å². The zero-order valence-corrected chi connectivity index (χ0v) is 6.22. The molecule has 1 aliphatic rings. The van der Waals surface area contributed by atoms with E-state index >= 15 is 0 Å². The minimum atomic E-state index is -0.0411. The molecule has 1 rings (SSSR count). The van der Waals surface area contributed by atoms with Crippen LogP contribution in [0.2, 0.25) is 0 Å². The van der Waals surface area contributed by atoms with Crippen LogP contribution in [0.4, 0.5) is 0 Å². The smallest absolute Gasteiger partial charge is 0.243 e. The first kappa shape index (κ1) is 7.54. The number of hydrogen-bond acceptors (Lipinski definition) is 2. The molecular formula is C7H13NO2. The number of rotatable bonds is 4. The molecule has 0 aromatic heterocycles. The van der Waals surface area contributed by atoms with Gasteiger partial charge in [0.2, 0.25) is 5.91 Å². The molecule has 3 nitrogen and oxygen atoms in total. The molecule has 0 atom stereocenters. The van der Waals surface area contributed by atoms with Crippen molar-refractivity contribution in [1.29, 1.82) is 0 Å². The Labute approximate surface area is 60.7 Å². The Bertz CT molecular complexity index is 121. The van der Waals surface area contributed by atoms with Crippen LogP contribution in [-0.4, -0.2) is 12.5 Å². The maximum absolute atomic E-state index is 10.6. The predicted octanol–water partition coefficient (Wildman–Crippen LogP) is 0.854. The number of carbonyl (C=O) groups is 1. The highest BCUT2D eigenvalue weighted by atomic mass is 16.7. The average Bonchev–Trinajstić information content (AvgIpc) is 2.71. The van der Waals surface area contributed by atoms with Gasteiger partial charge in [-0.25, -0.2) is 5.48 Å². The Morgan fingerprint density at radius 3 is 2.90 bits per heavy atom. The lowest BCUT2D eigenvalue weighted by atomic mass is 10.5. The number of nitrogens with one attached hydrogen (secondary N) is 1. The minimum absolute atomic E-state index is 0.0411. The second-order valence-corrected chi connectivity index (χ2v) is 2.63. The van der Waals surface area contributed by atoms with Crippen molar-refractivity contribution in [2.75, 3.05) is 6.61 Å². The summed E-state index contributed by atoms with van der Waals surface area (Å²) in [5, 5.41) is 0. The van der Waals surface area contributed by atoms with Crippen molar-refractivity contribution in [3.8, 4) is 0 Å². The van der Waals surface area contributed by atoms with Crippen LogP contribution in [0.5, 0.6) is 0 Å². The Hall–Kier alpha value is -0.570. The molecule has 0 saturated heterocycles. The van der Waals surface area contributed by atoms with Gasteiger partial charge < -0.3 is 0 Å². The first-order chi connectivity index (χ1) is 4.83. The summed E-state index contributed by atoms with van der Waals surface area (Å²) in [6, 6.07) is 0. The highest BCUT2D eigenvalue weighted by Gasteiger charge is 2.21. The summed E-state index contributed by atoms with van der Waals surface area (Å²) < 4.78 is 0. The molecule has 1 saturated carbocycles. The van der Waals surface area contributed by atoms with Gasteiger partial charge in [0.25, 0.3) is 0 Å². The molecular weight excluding hydrogens is 130 g/mol. The van der Waals surface area contributed by atoms with Crippen molar-refractivity contribution in [3.05, 3.63) is 0 Å². The van der Waals surface area contributed by atoms with Gasteiger partial charge in [-0.15, -0.1) is 0 Å². The van der Waals surface area contributed by atoms with Gasteiger partial charge in [0.15, 0.2) is 0 Å². The summed E-state index contributed by atoms with van der Waals surface area (Å²) in [6.45, 7) is 2.49. The van der Waals surface area contributed by atoms with E-state index in [4.69, 9.17) is 4.84 Å². The molecule has 3 heteroatoms. The van der Waals surface area contributed by atoms with Crippen LogP contribution >= 0.6 is 0 Å². The zero-order valence-electron chi connectivity index (χ0n) is 6.22. The van der Waals surface area contributed by atoms with Gasteiger partial charge in [-0.2, -0.15) is 0 Å². The van der Waals surface area contributed by atoms with E-state index in [0.29, 0.717) is 18.9 Å². The third-order valence-corrected chi connectivity index (χ3v) is 1.52. The average molecular weight is 143 g/mol. The highest BCUT2D eigenvalue weighted by Crippen LogP contribution is 2.28. The second-order valence-electron chi connectivity index (χ2n) is 2.63. The topological polar surface area (TPSA) is 38.3 Å².